The van der Waals surface area contributed by atoms with E-state index >= 15 is 0 Å². The molecule has 0 fully saturated rings. The number of rotatable bonds is 4. The Kier molecular flexibility index (Phi) is 4.38. The summed E-state index contributed by atoms with van der Waals surface area (Å²) in [7, 11) is 1.51. The molecule has 108 valence electrons. The van der Waals surface area contributed by atoms with Gasteiger partial charge < -0.3 is 9.47 Å². The summed E-state index contributed by atoms with van der Waals surface area (Å²) >= 11 is 0. The molecule has 0 amide bonds. The van der Waals surface area contributed by atoms with Gasteiger partial charge in [-0.3, -0.25) is 9.59 Å². The molecule has 0 atom stereocenters. The predicted molar refractivity (Wildman–Crippen MR) is 78.9 cm³/mol. The van der Waals surface area contributed by atoms with Crippen LogP contribution in [0.15, 0.2) is 42.5 Å². The van der Waals surface area contributed by atoms with E-state index in [-0.39, 0.29) is 11.5 Å². The van der Waals surface area contributed by atoms with Gasteiger partial charge in [-0.25, -0.2) is 0 Å². The normalized spacial score (nSPS) is 10.0. The first kappa shape index (κ1) is 14.8. The second-order valence-electron chi connectivity index (χ2n) is 4.65. The third kappa shape index (κ3) is 3.48. The molecule has 0 radical (unpaired) electrons. The first-order chi connectivity index (χ1) is 10.0. The van der Waals surface area contributed by atoms with Crippen LogP contribution in [-0.2, 0) is 4.79 Å². The Morgan fingerprint density at radius 1 is 1.00 bits per heavy atom. The highest BCUT2D eigenvalue weighted by Gasteiger charge is 2.17. The Bertz CT molecular complexity index is 672. The molecule has 4 heteroatoms. The maximum atomic E-state index is 12.5. The average molecular weight is 284 g/mol. The van der Waals surface area contributed by atoms with Crippen molar-refractivity contribution in [3.05, 3.63) is 59.2 Å². The summed E-state index contributed by atoms with van der Waals surface area (Å²) in [6.45, 7) is 3.24. The molecule has 0 spiro atoms. The lowest BCUT2D eigenvalue weighted by atomic mass is 10.0. The van der Waals surface area contributed by atoms with Gasteiger partial charge in [0.15, 0.2) is 5.78 Å². The average Bonchev–Trinajstić information content (AvgIpc) is 2.46. The van der Waals surface area contributed by atoms with Gasteiger partial charge in [0, 0.05) is 18.6 Å². The summed E-state index contributed by atoms with van der Waals surface area (Å²) in [5, 5.41) is 0. The Morgan fingerprint density at radius 3 is 2.24 bits per heavy atom. The van der Waals surface area contributed by atoms with Crippen LogP contribution in [0, 0.1) is 6.92 Å². The number of methoxy groups -OCH3 is 1. The Morgan fingerprint density at radius 2 is 1.67 bits per heavy atom. The number of esters is 1. The molecule has 21 heavy (non-hydrogen) atoms. The Hall–Kier alpha value is -2.62. The summed E-state index contributed by atoms with van der Waals surface area (Å²) in [4.78, 5) is 23.7. The van der Waals surface area contributed by atoms with Crippen LogP contribution < -0.4 is 9.47 Å². The molecule has 0 aliphatic rings. The van der Waals surface area contributed by atoms with Crippen LogP contribution in [0.25, 0.3) is 0 Å². The fraction of sp³-hybridized carbons (Fsp3) is 0.176. The van der Waals surface area contributed by atoms with E-state index in [1.165, 1.54) is 20.1 Å². The molecular weight excluding hydrogens is 268 g/mol. The number of ketones is 1. The molecular formula is C17H16O4. The van der Waals surface area contributed by atoms with Crippen LogP contribution in [-0.4, -0.2) is 18.9 Å². The van der Waals surface area contributed by atoms with Crippen molar-refractivity contribution in [3.8, 4) is 11.5 Å². The second kappa shape index (κ2) is 6.22. The standard InChI is InChI=1S/C17H16O4/c1-11-4-6-13(7-5-11)17(19)15-9-8-14(20-3)10-16(15)21-12(2)18/h4-10H,1-3H3. The molecule has 0 saturated carbocycles. The summed E-state index contributed by atoms with van der Waals surface area (Å²) in [5.74, 6) is 0.0363. The molecule has 0 aliphatic carbocycles. The van der Waals surface area contributed by atoms with Crippen molar-refractivity contribution in [2.45, 2.75) is 13.8 Å². The first-order valence-corrected chi connectivity index (χ1v) is 6.49. The van der Waals surface area contributed by atoms with E-state index in [9.17, 15) is 9.59 Å². The van der Waals surface area contributed by atoms with E-state index in [0.29, 0.717) is 16.9 Å². The van der Waals surface area contributed by atoms with Crippen molar-refractivity contribution in [1.82, 2.24) is 0 Å². The maximum absolute atomic E-state index is 12.5. The van der Waals surface area contributed by atoms with Crippen LogP contribution in [0.3, 0.4) is 0 Å². The van der Waals surface area contributed by atoms with Gasteiger partial charge in [0.1, 0.15) is 11.5 Å². The van der Waals surface area contributed by atoms with Crippen molar-refractivity contribution >= 4 is 11.8 Å². The largest absolute Gasteiger partial charge is 0.497 e. The molecule has 0 bridgehead atoms. The molecule has 2 aromatic rings. The lowest BCUT2D eigenvalue weighted by molar-refractivity contribution is -0.131. The van der Waals surface area contributed by atoms with Crippen molar-refractivity contribution in [2.24, 2.45) is 0 Å². The fourth-order valence-corrected chi connectivity index (χ4v) is 1.92. The number of hydrogen-bond donors (Lipinski definition) is 0. The van der Waals surface area contributed by atoms with E-state index in [1.807, 2.05) is 19.1 Å². The number of ether oxygens (including phenoxy) is 2. The van der Waals surface area contributed by atoms with Gasteiger partial charge in [0.05, 0.1) is 12.7 Å². The zero-order chi connectivity index (χ0) is 15.4. The summed E-state index contributed by atoms with van der Waals surface area (Å²) in [6.07, 6.45) is 0. The number of hydrogen-bond acceptors (Lipinski definition) is 4. The third-order valence-electron chi connectivity index (χ3n) is 3.00. The lowest BCUT2D eigenvalue weighted by Gasteiger charge is -2.10. The van der Waals surface area contributed by atoms with E-state index in [2.05, 4.69) is 0 Å². The van der Waals surface area contributed by atoms with Crippen molar-refractivity contribution in [3.63, 3.8) is 0 Å². The lowest BCUT2D eigenvalue weighted by Crippen LogP contribution is -2.09. The fourth-order valence-electron chi connectivity index (χ4n) is 1.92. The van der Waals surface area contributed by atoms with Crippen molar-refractivity contribution in [1.29, 1.82) is 0 Å². The monoisotopic (exact) mass is 284 g/mol. The van der Waals surface area contributed by atoms with Gasteiger partial charge in [-0.05, 0) is 19.1 Å². The summed E-state index contributed by atoms with van der Waals surface area (Å²) in [6, 6.07) is 12.0. The Labute approximate surface area is 123 Å². The minimum Gasteiger partial charge on any atom is -0.497 e. The van der Waals surface area contributed by atoms with E-state index in [1.54, 1.807) is 24.3 Å². The molecule has 4 nitrogen and oxygen atoms in total. The predicted octanol–water partition coefficient (Wildman–Crippen LogP) is 3.16. The minimum absolute atomic E-state index is 0.200. The number of carbonyl (C=O) groups excluding carboxylic acids is 2. The van der Waals surface area contributed by atoms with Crippen LogP contribution in [0.4, 0.5) is 0 Å². The summed E-state index contributed by atoms with van der Waals surface area (Å²) < 4.78 is 10.2. The molecule has 0 unspecified atom stereocenters. The van der Waals surface area contributed by atoms with Gasteiger partial charge >= 0.3 is 5.97 Å². The molecule has 0 heterocycles. The van der Waals surface area contributed by atoms with Crippen molar-refractivity contribution < 1.29 is 19.1 Å². The summed E-state index contributed by atoms with van der Waals surface area (Å²) in [5.41, 5.74) is 1.94. The molecule has 2 rings (SSSR count). The SMILES string of the molecule is COc1ccc(C(=O)c2ccc(C)cc2)c(OC(C)=O)c1. The van der Waals surface area contributed by atoms with E-state index in [4.69, 9.17) is 9.47 Å². The van der Waals surface area contributed by atoms with Gasteiger partial charge in [0.25, 0.3) is 0 Å². The molecule has 0 N–H and O–H groups in total. The molecule has 2 aromatic carbocycles. The highest BCUT2D eigenvalue weighted by Crippen LogP contribution is 2.27. The Balaban J connectivity index is 2.44. The van der Waals surface area contributed by atoms with Gasteiger partial charge in [-0.2, -0.15) is 0 Å². The highest BCUT2D eigenvalue weighted by atomic mass is 16.5. The molecule has 0 aliphatic heterocycles. The third-order valence-corrected chi connectivity index (χ3v) is 3.00. The topological polar surface area (TPSA) is 52.6 Å². The molecule has 0 aromatic heterocycles. The zero-order valence-electron chi connectivity index (χ0n) is 12.2. The van der Waals surface area contributed by atoms with Gasteiger partial charge in [-0.1, -0.05) is 29.8 Å². The number of aryl methyl sites for hydroxylation is 1. The number of benzene rings is 2. The molecule has 0 saturated heterocycles. The quantitative estimate of drug-likeness (QED) is 0.491. The van der Waals surface area contributed by atoms with Crippen LogP contribution >= 0.6 is 0 Å². The minimum atomic E-state index is -0.485. The van der Waals surface area contributed by atoms with Crippen molar-refractivity contribution in [2.75, 3.05) is 7.11 Å². The van der Waals surface area contributed by atoms with Gasteiger partial charge in [0.2, 0.25) is 0 Å². The van der Waals surface area contributed by atoms with E-state index < -0.39 is 5.97 Å². The maximum Gasteiger partial charge on any atom is 0.308 e. The van der Waals surface area contributed by atoms with E-state index in [0.717, 1.165) is 5.56 Å². The first-order valence-electron chi connectivity index (χ1n) is 6.49. The second-order valence-corrected chi connectivity index (χ2v) is 4.65. The van der Waals surface area contributed by atoms with Crippen LogP contribution in [0.2, 0.25) is 0 Å². The number of carbonyl (C=O) groups is 2. The van der Waals surface area contributed by atoms with Crippen LogP contribution in [0.1, 0.15) is 28.4 Å². The van der Waals surface area contributed by atoms with Crippen LogP contribution in [0.5, 0.6) is 11.5 Å². The zero-order valence-corrected chi connectivity index (χ0v) is 12.2. The highest BCUT2D eigenvalue weighted by molar-refractivity contribution is 6.11. The smallest absolute Gasteiger partial charge is 0.308 e. The van der Waals surface area contributed by atoms with Gasteiger partial charge in [-0.15, -0.1) is 0 Å².